The van der Waals surface area contributed by atoms with Crippen LogP contribution in [0.4, 0.5) is 8.78 Å². The number of aryl methyl sites for hydroxylation is 1. The van der Waals surface area contributed by atoms with E-state index in [1.54, 1.807) is 7.11 Å². The Balaban J connectivity index is 0.00000400. The summed E-state index contributed by atoms with van der Waals surface area (Å²) in [6.45, 7) is 2.95. The molecule has 0 atom stereocenters. The number of nitrogens with one attached hydrogen (secondary N) is 2. The molecule has 0 radical (unpaired) electrons. The van der Waals surface area contributed by atoms with Crippen LogP contribution in [0.1, 0.15) is 5.56 Å². The Morgan fingerprint density at radius 1 is 1.14 bits per heavy atom. The molecule has 0 unspecified atom stereocenters. The van der Waals surface area contributed by atoms with Gasteiger partial charge in [0, 0.05) is 32.8 Å². The van der Waals surface area contributed by atoms with E-state index in [1.807, 2.05) is 0 Å². The van der Waals surface area contributed by atoms with Crippen molar-refractivity contribution in [2.45, 2.75) is 11.8 Å². The second kappa shape index (κ2) is 9.26. The Morgan fingerprint density at radius 2 is 1.81 bits per heavy atom. The van der Waals surface area contributed by atoms with Gasteiger partial charge >= 0.3 is 0 Å². The first-order chi connectivity index (χ1) is 9.38. The summed E-state index contributed by atoms with van der Waals surface area (Å²) in [6.07, 6.45) is 0. The van der Waals surface area contributed by atoms with Crippen molar-refractivity contribution in [3.05, 3.63) is 29.3 Å². The molecule has 1 rings (SSSR count). The van der Waals surface area contributed by atoms with Crippen LogP contribution in [0.15, 0.2) is 17.0 Å². The number of hydrogen-bond donors (Lipinski definition) is 2. The molecule has 2 N–H and O–H groups in total. The van der Waals surface area contributed by atoms with Gasteiger partial charge in [-0.2, -0.15) is 0 Å². The number of ether oxygens (including phenoxy) is 1. The summed E-state index contributed by atoms with van der Waals surface area (Å²) >= 11 is 0. The molecule has 9 heteroatoms. The largest absolute Gasteiger partial charge is 0.383 e. The minimum Gasteiger partial charge on any atom is -0.383 e. The number of rotatable bonds is 8. The first-order valence-corrected chi connectivity index (χ1v) is 7.51. The van der Waals surface area contributed by atoms with Crippen LogP contribution < -0.4 is 10.0 Å². The summed E-state index contributed by atoms with van der Waals surface area (Å²) in [5.74, 6) is -1.88. The molecule has 1 aromatic rings. The summed E-state index contributed by atoms with van der Waals surface area (Å²) < 4.78 is 57.4. The Labute approximate surface area is 129 Å². The summed E-state index contributed by atoms with van der Waals surface area (Å²) in [6, 6.07) is 1.55. The molecule has 0 fully saturated rings. The summed E-state index contributed by atoms with van der Waals surface area (Å²) in [5.41, 5.74) is 0.0741. The van der Waals surface area contributed by atoms with Crippen LogP contribution in [0.2, 0.25) is 0 Å². The van der Waals surface area contributed by atoms with Crippen molar-refractivity contribution < 1.29 is 21.9 Å². The average molecular weight is 345 g/mol. The van der Waals surface area contributed by atoms with E-state index >= 15 is 0 Å². The molecule has 122 valence electrons. The van der Waals surface area contributed by atoms with Crippen molar-refractivity contribution >= 4 is 22.4 Å². The van der Waals surface area contributed by atoms with Gasteiger partial charge in [-0.05, 0) is 18.6 Å². The van der Waals surface area contributed by atoms with Crippen molar-refractivity contribution in [2.24, 2.45) is 0 Å². The predicted octanol–water partition coefficient (Wildman–Crippen LogP) is 1.21. The number of hydrogen-bond acceptors (Lipinski definition) is 4. The third kappa shape index (κ3) is 6.23. The highest BCUT2D eigenvalue weighted by atomic mass is 35.5. The van der Waals surface area contributed by atoms with Gasteiger partial charge in [0.25, 0.3) is 0 Å². The Morgan fingerprint density at radius 3 is 2.43 bits per heavy atom. The molecule has 0 aliphatic rings. The topological polar surface area (TPSA) is 67.4 Å². The lowest BCUT2D eigenvalue weighted by molar-refractivity contribution is 0.199. The van der Waals surface area contributed by atoms with E-state index in [-0.39, 0.29) is 24.5 Å². The molecule has 0 saturated heterocycles. The molecule has 0 aromatic heterocycles. The fraction of sp³-hybridized carbons (Fsp3) is 0.500. The number of benzene rings is 1. The SMILES string of the molecule is COCCNCCNS(=O)(=O)c1cc(C)c(F)cc1F.Cl. The van der Waals surface area contributed by atoms with Gasteiger partial charge < -0.3 is 10.1 Å². The molecule has 0 spiro atoms. The zero-order valence-electron chi connectivity index (χ0n) is 11.8. The van der Waals surface area contributed by atoms with Gasteiger partial charge in [0.15, 0.2) is 0 Å². The van der Waals surface area contributed by atoms with Crippen LogP contribution in [-0.2, 0) is 14.8 Å². The molecule has 0 amide bonds. The quantitative estimate of drug-likeness (QED) is 0.696. The molecular weight excluding hydrogens is 326 g/mol. The summed E-state index contributed by atoms with van der Waals surface area (Å²) in [7, 11) is -2.43. The molecule has 0 saturated carbocycles. The van der Waals surface area contributed by atoms with Gasteiger partial charge in [0.05, 0.1) is 6.61 Å². The van der Waals surface area contributed by atoms with Crippen molar-refractivity contribution in [1.82, 2.24) is 10.0 Å². The van der Waals surface area contributed by atoms with Gasteiger partial charge in [-0.15, -0.1) is 12.4 Å². The summed E-state index contributed by atoms with van der Waals surface area (Å²) in [5, 5.41) is 2.94. The maximum absolute atomic E-state index is 13.5. The Kier molecular flexibility index (Phi) is 8.91. The third-order valence-corrected chi connectivity index (χ3v) is 4.06. The van der Waals surface area contributed by atoms with Crippen LogP contribution >= 0.6 is 12.4 Å². The van der Waals surface area contributed by atoms with Crippen molar-refractivity contribution in [2.75, 3.05) is 33.4 Å². The third-order valence-electron chi connectivity index (χ3n) is 2.58. The molecule has 0 bridgehead atoms. The monoisotopic (exact) mass is 344 g/mol. The normalized spacial score (nSPS) is 11.2. The van der Waals surface area contributed by atoms with Crippen molar-refractivity contribution in [3.8, 4) is 0 Å². The molecule has 21 heavy (non-hydrogen) atoms. The minimum atomic E-state index is -3.99. The van der Waals surface area contributed by atoms with E-state index < -0.39 is 26.6 Å². The molecular formula is C12H19ClF2N2O3S. The maximum Gasteiger partial charge on any atom is 0.243 e. The lowest BCUT2D eigenvalue weighted by atomic mass is 10.2. The highest BCUT2D eigenvalue weighted by molar-refractivity contribution is 7.89. The average Bonchev–Trinajstić information content (AvgIpc) is 2.37. The maximum atomic E-state index is 13.5. The minimum absolute atomic E-state index is 0. The number of methoxy groups -OCH3 is 1. The zero-order valence-corrected chi connectivity index (χ0v) is 13.4. The molecule has 1 aromatic carbocycles. The van der Waals surface area contributed by atoms with Gasteiger partial charge in [-0.1, -0.05) is 0 Å². The van der Waals surface area contributed by atoms with E-state index in [4.69, 9.17) is 4.74 Å². The highest BCUT2D eigenvalue weighted by Gasteiger charge is 2.20. The Hall–Kier alpha value is -0.800. The van der Waals surface area contributed by atoms with Gasteiger partial charge in [-0.25, -0.2) is 21.9 Å². The van der Waals surface area contributed by atoms with Crippen LogP contribution in [-0.4, -0.2) is 41.8 Å². The fourth-order valence-corrected chi connectivity index (χ4v) is 2.66. The lowest BCUT2D eigenvalue weighted by Gasteiger charge is -2.09. The van der Waals surface area contributed by atoms with E-state index in [9.17, 15) is 17.2 Å². The van der Waals surface area contributed by atoms with Crippen LogP contribution in [0, 0.1) is 18.6 Å². The predicted molar refractivity (Wildman–Crippen MR) is 78.3 cm³/mol. The molecule has 0 aliphatic carbocycles. The van der Waals surface area contributed by atoms with Crippen molar-refractivity contribution in [3.63, 3.8) is 0 Å². The second-order valence-electron chi connectivity index (χ2n) is 4.17. The van der Waals surface area contributed by atoms with E-state index in [1.165, 1.54) is 6.92 Å². The lowest BCUT2D eigenvalue weighted by Crippen LogP contribution is -2.33. The zero-order chi connectivity index (χ0) is 15.2. The Bertz CT molecular complexity index is 556. The van der Waals surface area contributed by atoms with E-state index in [2.05, 4.69) is 10.0 Å². The molecule has 0 heterocycles. The van der Waals surface area contributed by atoms with Crippen LogP contribution in [0.25, 0.3) is 0 Å². The smallest absolute Gasteiger partial charge is 0.243 e. The van der Waals surface area contributed by atoms with Gasteiger partial charge in [0.1, 0.15) is 16.5 Å². The van der Waals surface area contributed by atoms with Gasteiger partial charge in [-0.3, -0.25) is 0 Å². The first kappa shape index (κ1) is 20.2. The van der Waals surface area contributed by atoms with Crippen molar-refractivity contribution in [1.29, 1.82) is 0 Å². The molecule has 0 aliphatic heterocycles. The van der Waals surface area contributed by atoms with Gasteiger partial charge in [0.2, 0.25) is 10.0 Å². The second-order valence-corrected chi connectivity index (χ2v) is 5.91. The first-order valence-electron chi connectivity index (χ1n) is 6.03. The highest BCUT2D eigenvalue weighted by Crippen LogP contribution is 2.18. The van der Waals surface area contributed by atoms with E-state index in [0.29, 0.717) is 25.8 Å². The van der Waals surface area contributed by atoms with E-state index in [0.717, 1.165) is 6.07 Å². The number of halogens is 3. The molecule has 5 nitrogen and oxygen atoms in total. The standard InChI is InChI=1S/C12H18F2N2O3S.ClH/c1-9-7-12(11(14)8-10(9)13)20(17,18)16-4-3-15-5-6-19-2;/h7-8,15-16H,3-6H2,1-2H3;1H. The number of sulfonamides is 1. The fourth-order valence-electron chi connectivity index (χ4n) is 1.49. The van der Waals surface area contributed by atoms with Crippen LogP contribution in [0.3, 0.4) is 0 Å². The van der Waals surface area contributed by atoms with Crippen LogP contribution in [0.5, 0.6) is 0 Å². The summed E-state index contributed by atoms with van der Waals surface area (Å²) in [4.78, 5) is -0.548.